The van der Waals surface area contributed by atoms with E-state index in [9.17, 15) is 23.2 Å². The lowest BCUT2D eigenvalue weighted by Crippen LogP contribution is -2.43. The summed E-state index contributed by atoms with van der Waals surface area (Å²) in [5.41, 5.74) is 0.318. The van der Waals surface area contributed by atoms with Crippen molar-refractivity contribution in [2.75, 3.05) is 13.6 Å². The number of carbonyl (C=O) groups excluding carboxylic acids is 3. The number of carbonyl (C=O) groups is 3. The van der Waals surface area contributed by atoms with Crippen molar-refractivity contribution in [2.24, 2.45) is 5.92 Å². The Kier molecular flexibility index (Phi) is 7.27. The van der Waals surface area contributed by atoms with E-state index in [1.165, 1.54) is 11.8 Å². The summed E-state index contributed by atoms with van der Waals surface area (Å²) in [5, 5.41) is 5.48. The van der Waals surface area contributed by atoms with Crippen LogP contribution < -0.4 is 10.6 Å². The van der Waals surface area contributed by atoms with Crippen LogP contribution in [0.25, 0.3) is 0 Å². The van der Waals surface area contributed by atoms with Gasteiger partial charge in [0.05, 0.1) is 0 Å². The average Bonchev–Trinajstić information content (AvgIpc) is 2.62. The first kappa shape index (κ1) is 20.8. The third kappa shape index (κ3) is 6.62. The molecule has 3 amide bonds. The van der Waals surface area contributed by atoms with Crippen molar-refractivity contribution in [2.45, 2.75) is 45.2 Å². The minimum absolute atomic E-state index is 0.0113. The number of hydrogen-bond acceptors (Lipinski definition) is 3. The zero-order valence-electron chi connectivity index (χ0n) is 15.6. The number of nitrogens with zero attached hydrogens (tertiary/aromatic N) is 1. The van der Waals surface area contributed by atoms with Crippen molar-refractivity contribution in [1.29, 1.82) is 0 Å². The topological polar surface area (TPSA) is 78.5 Å². The quantitative estimate of drug-likeness (QED) is 0.834. The summed E-state index contributed by atoms with van der Waals surface area (Å²) in [6, 6.07) is 2.94. The van der Waals surface area contributed by atoms with Gasteiger partial charge < -0.3 is 15.5 Å². The molecule has 0 saturated carbocycles. The van der Waals surface area contributed by atoms with E-state index < -0.39 is 17.6 Å². The standard InChI is InChI=1S/C19H25F2N3O3/c1-12(25)23-17-5-3-4-14(8-18(26)24(2)11-17)19(27)22-10-13-6-15(20)9-16(21)7-13/h6-7,9,14,17H,3-5,8,10-11H2,1-2H3,(H,22,27)(H,23,25)/t14-,17-/m1/s1. The molecule has 0 radical (unpaired) electrons. The molecular weight excluding hydrogens is 356 g/mol. The maximum atomic E-state index is 13.2. The summed E-state index contributed by atoms with van der Waals surface area (Å²) < 4.78 is 26.5. The zero-order chi connectivity index (χ0) is 20.0. The predicted molar refractivity (Wildman–Crippen MR) is 95.4 cm³/mol. The Morgan fingerprint density at radius 3 is 2.48 bits per heavy atom. The molecule has 27 heavy (non-hydrogen) atoms. The predicted octanol–water partition coefficient (Wildman–Crippen LogP) is 1.73. The van der Waals surface area contributed by atoms with Gasteiger partial charge in [-0.2, -0.15) is 0 Å². The number of rotatable bonds is 4. The molecule has 0 aliphatic carbocycles. The van der Waals surface area contributed by atoms with E-state index in [2.05, 4.69) is 10.6 Å². The number of halogens is 2. The number of hydrogen-bond donors (Lipinski definition) is 2. The van der Waals surface area contributed by atoms with Crippen LogP contribution in [0.3, 0.4) is 0 Å². The molecule has 1 aliphatic rings. The van der Waals surface area contributed by atoms with Crippen LogP contribution in [-0.2, 0) is 20.9 Å². The molecule has 0 bridgehead atoms. The van der Waals surface area contributed by atoms with Crippen molar-refractivity contribution < 1.29 is 23.2 Å². The second-order valence-electron chi connectivity index (χ2n) is 7.00. The van der Waals surface area contributed by atoms with E-state index in [0.29, 0.717) is 31.4 Å². The zero-order valence-corrected chi connectivity index (χ0v) is 15.6. The summed E-state index contributed by atoms with van der Waals surface area (Å²) in [7, 11) is 1.65. The van der Waals surface area contributed by atoms with Crippen molar-refractivity contribution in [1.82, 2.24) is 15.5 Å². The summed E-state index contributed by atoms with van der Waals surface area (Å²) in [6.45, 7) is 1.82. The van der Waals surface area contributed by atoms with Gasteiger partial charge in [-0.05, 0) is 30.5 Å². The highest BCUT2D eigenvalue weighted by Crippen LogP contribution is 2.19. The minimum atomic E-state index is -0.706. The summed E-state index contributed by atoms with van der Waals surface area (Å²) >= 11 is 0. The maximum absolute atomic E-state index is 13.2. The van der Waals surface area contributed by atoms with Crippen LogP contribution >= 0.6 is 0 Å². The SMILES string of the molecule is CC(=O)N[C@@H]1CCC[C@@H](C(=O)NCc2cc(F)cc(F)c2)CC(=O)N(C)C1. The molecule has 2 rings (SSSR count). The lowest BCUT2D eigenvalue weighted by atomic mass is 9.96. The molecule has 148 valence electrons. The van der Waals surface area contributed by atoms with Crippen molar-refractivity contribution in [3.8, 4) is 0 Å². The monoisotopic (exact) mass is 381 g/mol. The van der Waals surface area contributed by atoms with E-state index in [0.717, 1.165) is 18.2 Å². The summed E-state index contributed by atoms with van der Waals surface area (Å²) in [4.78, 5) is 37.7. The van der Waals surface area contributed by atoms with E-state index in [-0.39, 0.29) is 36.7 Å². The van der Waals surface area contributed by atoms with Gasteiger partial charge in [-0.25, -0.2) is 8.78 Å². The van der Waals surface area contributed by atoms with Crippen LogP contribution in [0.2, 0.25) is 0 Å². The van der Waals surface area contributed by atoms with E-state index in [4.69, 9.17) is 0 Å². The second-order valence-corrected chi connectivity index (χ2v) is 7.00. The first-order valence-corrected chi connectivity index (χ1v) is 8.98. The molecule has 1 aromatic carbocycles. The number of likely N-dealkylation sites (N-methyl/N-ethyl adjacent to an activating group) is 1. The fourth-order valence-electron chi connectivity index (χ4n) is 3.28. The Morgan fingerprint density at radius 2 is 1.85 bits per heavy atom. The van der Waals surface area contributed by atoms with Gasteiger partial charge in [0.15, 0.2) is 0 Å². The van der Waals surface area contributed by atoms with Gasteiger partial charge in [0.2, 0.25) is 17.7 Å². The number of nitrogens with one attached hydrogen (secondary N) is 2. The normalized spacial score (nSPS) is 21.0. The molecule has 1 fully saturated rings. The molecule has 6 nitrogen and oxygen atoms in total. The maximum Gasteiger partial charge on any atom is 0.223 e. The Balaban J connectivity index is 1.98. The van der Waals surface area contributed by atoms with Gasteiger partial charge in [0.25, 0.3) is 0 Å². The fraction of sp³-hybridized carbons (Fsp3) is 0.526. The molecule has 1 aromatic rings. The third-order valence-corrected chi connectivity index (χ3v) is 4.61. The molecule has 2 N–H and O–H groups in total. The number of benzene rings is 1. The highest BCUT2D eigenvalue weighted by atomic mass is 19.1. The van der Waals surface area contributed by atoms with Gasteiger partial charge in [-0.1, -0.05) is 6.42 Å². The molecule has 8 heteroatoms. The van der Waals surface area contributed by atoms with Crippen LogP contribution in [-0.4, -0.2) is 42.3 Å². The van der Waals surface area contributed by atoms with E-state index in [1.807, 2.05) is 0 Å². The van der Waals surface area contributed by atoms with Gasteiger partial charge in [0.1, 0.15) is 11.6 Å². The van der Waals surface area contributed by atoms with Crippen LogP contribution in [0.15, 0.2) is 18.2 Å². The molecule has 2 atom stereocenters. The molecular formula is C19H25F2N3O3. The Hall–Kier alpha value is -2.51. The summed E-state index contributed by atoms with van der Waals surface area (Å²) in [6.07, 6.45) is 1.90. The van der Waals surface area contributed by atoms with E-state index >= 15 is 0 Å². The van der Waals surface area contributed by atoms with Crippen molar-refractivity contribution in [3.05, 3.63) is 35.4 Å². The van der Waals surface area contributed by atoms with Crippen molar-refractivity contribution in [3.63, 3.8) is 0 Å². The lowest BCUT2D eigenvalue weighted by molar-refractivity contribution is -0.135. The first-order valence-electron chi connectivity index (χ1n) is 8.98. The van der Waals surface area contributed by atoms with Crippen LogP contribution in [0.1, 0.15) is 38.2 Å². The Bertz CT molecular complexity index is 691. The Morgan fingerprint density at radius 1 is 1.19 bits per heavy atom. The lowest BCUT2D eigenvalue weighted by Gasteiger charge is -2.23. The van der Waals surface area contributed by atoms with Crippen LogP contribution in [0, 0.1) is 17.6 Å². The molecule has 0 unspecified atom stereocenters. The Labute approximate surface area is 157 Å². The van der Waals surface area contributed by atoms with Crippen LogP contribution in [0.4, 0.5) is 8.78 Å². The molecule has 1 saturated heterocycles. The van der Waals surface area contributed by atoms with Gasteiger partial charge in [0, 0.05) is 51.5 Å². The van der Waals surface area contributed by atoms with Crippen molar-refractivity contribution >= 4 is 17.7 Å². The van der Waals surface area contributed by atoms with Crippen LogP contribution in [0.5, 0.6) is 0 Å². The fourth-order valence-corrected chi connectivity index (χ4v) is 3.28. The van der Waals surface area contributed by atoms with Gasteiger partial charge >= 0.3 is 0 Å². The first-order chi connectivity index (χ1) is 12.7. The van der Waals surface area contributed by atoms with Gasteiger partial charge in [-0.15, -0.1) is 0 Å². The molecule has 0 aromatic heterocycles. The minimum Gasteiger partial charge on any atom is -0.352 e. The third-order valence-electron chi connectivity index (χ3n) is 4.61. The molecule has 1 heterocycles. The van der Waals surface area contributed by atoms with Gasteiger partial charge in [-0.3, -0.25) is 14.4 Å². The summed E-state index contributed by atoms with van der Waals surface area (Å²) in [5.74, 6) is -2.58. The highest BCUT2D eigenvalue weighted by Gasteiger charge is 2.27. The average molecular weight is 381 g/mol. The van der Waals surface area contributed by atoms with E-state index in [1.54, 1.807) is 7.05 Å². The second kappa shape index (κ2) is 9.43. The molecule has 1 aliphatic heterocycles. The number of amides is 3. The highest BCUT2D eigenvalue weighted by molar-refractivity contribution is 5.85. The largest absolute Gasteiger partial charge is 0.352 e. The smallest absolute Gasteiger partial charge is 0.223 e. The molecule has 0 spiro atoms.